The molecule has 1 amide bonds. The number of rotatable bonds is 5. The van der Waals surface area contributed by atoms with Gasteiger partial charge in [0, 0.05) is 36.7 Å². The largest absolute Gasteiger partial charge is 0.477 e. The standard InChI is InChI=1S/C20H24N4O3/c1-13-2-3-15(10-22-13)11-24-17-9-18(23-20(21)16(17)8-19(24)25)27-12-14-4-6-26-7-5-14/h2-3,9-10,14H,4-8,11-12H2,1H3,(H2,21,23). The van der Waals surface area contributed by atoms with E-state index in [9.17, 15) is 4.79 Å². The minimum Gasteiger partial charge on any atom is -0.477 e. The van der Waals surface area contributed by atoms with Gasteiger partial charge in [-0.2, -0.15) is 4.98 Å². The second kappa shape index (κ2) is 7.52. The Morgan fingerprint density at radius 1 is 1.33 bits per heavy atom. The molecule has 4 rings (SSSR count). The normalized spacial score (nSPS) is 17.2. The molecule has 7 nitrogen and oxygen atoms in total. The van der Waals surface area contributed by atoms with Gasteiger partial charge in [-0.15, -0.1) is 0 Å². The fourth-order valence-electron chi connectivity index (χ4n) is 3.49. The number of hydrogen-bond donors (Lipinski definition) is 1. The van der Waals surface area contributed by atoms with E-state index in [2.05, 4.69) is 9.97 Å². The quantitative estimate of drug-likeness (QED) is 0.871. The van der Waals surface area contributed by atoms with Crippen LogP contribution in [-0.4, -0.2) is 35.7 Å². The summed E-state index contributed by atoms with van der Waals surface area (Å²) in [5.41, 5.74) is 9.60. The van der Waals surface area contributed by atoms with E-state index in [0.717, 1.165) is 48.6 Å². The van der Waals surface area contributed by atoms with Gasteiger partial charge >= 0.3 is 0 Å². The fourth-order valence-corrected chi connectivity index (χ4v) is 3.49. The third kappa shape index (κ3) is 3.88. The number of aryl methyl sites for hydroxylation is 1. The van der Waals surface area contributed by atoms with Crippen LogP contribution in [0.1, 0.15) is 29.7 Å². The average molecular weight is 368 g/mol. The van der Waals surface area contributed by atoms with Crippen LogP contribution in [0.3, 0.4) is 0 Å². The molecule has 2 aliphatic heterocycles. The molecule has 4 heterocycles. The zero-order chi connectivity index (χ0) is 18.8. The molecule has 0 saturated carbocycles. The Bertz CT molecular complexity index is 832. The van der Waals surface area contributed by atoms with E-state index < -0.39 is 0 Å². The van der Waals surface area contributed by atoms with Gasteiger partial charge in [0.05, 0.1) is 25.3 Å². The van der Waals surface area contributed by atoms with Crippen molar-refractivity contribution in [1.29, 1.82) is 0 Å². The first kappa shape index (κ1) is 17.7. The molecule has 1 fully saturated rings. The molecule has 2 aromatic rings. The summed E-state index contributed by atoms with van der Waals surface area (Å²) in [4.78, 5) is 22.9. The highest BCUT2D eigenvalue weighted by Crippen LogP contribution is 2.36. The maximum atomic E-state index is 12.5. The van der Waals surface area contributed by atoms with Crippen LogP contribution in [0, 0.1) is 12.8 Å². The Labute approximate surface area is 158 Å². The molecule has 0 bridgehead atoms. The van der Waals surface area contributed by atoms with Crippen LogP contribution in [0.15, 0.2) is 24.4 Å². The van der Waals surface area contributed by atoms with Crippen molar-refractivity contribution in [2.24, 2.45) is 5.92 Å². The number of carbonyl (C=O) groups excluding carboxylic acids is 1. The molecule has 2 aliphatic rings. The molecule has 0 unspecified atom stereocenters. The Balaban J connectivity index is 1.52. The number of nitrogen functional groups attached to an aromatic ring is 1. The zero-order valence-electron chi connectivity index (χ0n) is 15.5. The van der Waals surface area contributed by atoms with Crippen molar-refractivity contribution in [3.05, 3.63) is 41.2 Å². The van der Waals surface area contributed by atoms with Crippen molar-refractivity contribution < 1.29 is 14.3 Å². The Hall–Kier alpha value is -2.67. The Morgan fingerprint density at radius 2 is 2.15 bits per heavy atom. The number of pyridine rings is 2. The second-order valence-electron chi connectivity index (χ2n) is 7.17. The van der Waals surface area contributed by atoms with Crippen LogP contribution in [0.2, 0.25) is 0 Å². The molecule has 0 aliphatic carbocycles. The molecule has 2 N–H and O–H groups in total. The lowest BCUT2D eigenvalue weighted by atomic mass is 10.0. The zero-order valence-corrected chi connectivity index (χ0v) is 15.5. The second-order valence-corrected chi connectivity index (χ2v) is 7.17. The molecule has 0 radical (unpaired) electrons. The van der Waals surface area contributed by atoms with Gasteiger partial charge in [0.2, 0.25) is 11.8 Å². The number of ether oxygens (including phenoxy) is 2. The summed E-state index contributed by atoms with van der Waals surface area (Å²) in [7, 11) is 0. The number of nitrogens with two attached hydrogens (primary N) is 1. The van der Waals surface area contributed by atoms with Crippen LogP contribution in [-0.2, 0) is 22.5 Å². The van der Waals surface area contributed by atoms with Gasteiger partial charge in [-0.3, -0.25) is 9.78 Å². The molecule has 0 aromatic carbocycles. The number of anilines is 2. The van der Waals surface area contributed by atoms with Gasteiger partial charge < -0.3 is 20.1 Å². The fraction of sp³-hybridized carbons (Fsp3) is 0.450. The number of aromatic nitrogens is 2. The highest BCUT2D eigenvalue weighted by Gasteiger charge is 2.31. The van der Waals surface area contributed by atoms with Gasteiger partial charge in [-0.25, -0.2) is 0 Å². The van der Waals surface area contributed by atoms with Crippen molar-refractivity contribution in [1.82, 2.24) is 9.97 Å². The first-order chi connectivity index (χ1) is 13.1. The van der Waals surface area contributed by atoms with Crippen molar-refractivity contribution in [3.8, 4) is 5.88 Å². The molecule has 7 heteroatoms. The predicted octanol–water partition coefficient (Wildman–Crippen LogP) is 2.26. The van der Waals surface area contributed by atoms with E-state index in [0.29, 0.717) is 30.8 Å². The average Bonchev–Trinajstić information content (AvgIpc) is 2.99. The molecule has 142 valence electrons. The minimum absolute atomic E-state index is 0.0145. The highest BCUT2D eigenvalue weighted by atomic mass is 16.5. The van der Waals surface area contributed by atoms with Crippen LogP contribution in [0.5, 0.6) is 5.88 Å². The van der Waals surface area contributed by atoms with Gasteiger partial charge in [0.1, 0.15) is 5.82 Å². The third-order valence-electron chi connectivity index (χ3n) is 5.15. The van der Waals surface area contributed by atoms with Gasteiger partial charge in [-0.05, 0) is 37.3 Å². The number of fused-ring (bicyclic) bond motifs is 1. The summed E-state index contributed by atoms with van der Waals surface area (Å²) >= 11 is 0. The Morgan fingerprint density at radius 3 is 2.89 bits per heavy atom. The highest BCUT2D eigenvalue weighted by molar-refractivity contribution is 6.02. The summed E-state index contributed by atoms with van der Waals surface area (Å²) in [5, 5.41) is 0. The van der Waals surface area contributed by atoms with Crippen LogP contribution < -0.4 is 15.4 Å². The smallest absolute Gasteiger partial charge is 0.231 e. The summed E-state index contributed by atoms with van der Waals surface area (Å²) in [5.74, 6) is 1.32. The topological polar surface area (TPSA) is 90.6 Å². The molecule has 2 aromatic heterocycles. The molecule has 0 atom stereocenters. The van der Waals surface area contributed by atoms with E-state index in [1.54, 1.807) is 11.1 Å². The monoisotopic (exact) mass is 368 g/mol. The van der Waals surface area contributed by atoms with E-state index in [4.69, 9.17) is 15.2 Å². The van der Waals surface area contributed by atoms with E-state index >= 15 is 0 Å². The van der Waals surface area contributed by atoms with Crippen molar-refractivity contribution in [2.45, 2.75) is 32.7 Å². The first-order valence-electron chi connectivity index (χ1n) is 9.32. The third-order valence-corrected chi connectivity index (χ3v) is 5.15. The summed E-state index contributed by atoms with van der Waals surface area (Å²) in [6.07, 6.45) is 4.05. The van der Waals surface area contributed by atoms with Crippen molar-refractivity contribution >= 4 is 17.4 Å². The van der Waals surface area contributed by atoms with Crippen molar-refractivity contribution in [2.75, 3.05) is 30.5 Å². The number of nitrogens with zero attached hydrogens (tertiary/aromatic N) is 3. The van der Waals surface area contributed by atoms with E-state index in [1.165, 1.54) is 0 Å². The maximum absolute atomic E-state index is 12.5. The number of amides is 1. The number of carbonyl (C=O) groups is 1. The first-order valence-corrected chi connectivity index (χ1v) is 9.32. The molecule has 1 saturated heterocycles. The predicted molar refractivity (Wildman–Crippen MR) is 102 cm³/mol. The van der Waals surface area contributed by atoms with Crippen molar-refractivity contribution in [3.63, 3.8) is 0 Å². The Kier molecular flexibility index (Phi) is 4.94. The SMILES string of the molecule is Cc1ccc(CN2C(=O)Cc3c2cc(OCC2CCOCC2)nc3N)cn1. The molecule has 27 heavy (non-hydrogen) atoms. The van der Waals surface area contributed by atoms with Crippen LogP contribution >= 0.6 is 0 Å². The molecular formula is C20H24N4O3. The maximum Gasteiger partial charge on any atom is 0.231 e. The van der Waals surface area contributed by atoms with Gasteiger partial charge in [-0.1, -0.05) is 6.07 Å². The van der Waals surface area contributed by atoms with Crippen LogP contribution in [0.4, 0.5) is 11.5 Å². The van der Waals surface area contributed by atoms with Gasteiger partial charge in [0.15, 0.2) is 0 Å². The van der Waals surface area contributed by atoms with Crippen LogP contribution in [0.25, 0.3) is 0 Å². The summed E-state index contributed by atoms with van der Waals surface area (Å²) in [6.45, 7) is 4.54. The lowest BCUT2D eigenvalue weighted by molar-refractivity contribution is -0.117. The van der Waals surface area contributed by atoms with Gasteiger partial charge in [0.25, 0.3) is 0 Å². The van der Waals surface area contributed by atoms with E-state index in [-0.39, 0.29) is 12.3 Å². The summed E-state index contributed by atoms with van der Waals surface area (Å²) < 4.78 is 11.3. The lowest BCUT2D eigenvalue weighted by Gasteiger charge is -2.22. The van der Waals surface area contributed by atoms with E-state index in [1.807, 2.05) is 25.1 Å². The minimum atomic E-state index is 0.0145. The lowest BCUT2D eigenvalue weighted by Crippen LogP contribution is -2.26. The summed E-state index contributed by atoms with van der Waals surface area (Å²) in [6, 6.07) is 5.76. The molecular weight excluding hydrogens is 344 g/mol. The number of hydrogen-bond acceptors (Lipinski definition) is 6. The molecule has 0 spiro atoms.